The Morgan fingerprint density at radius 1 is 1.23 bits per heavy atom. The number of benzene rings is 2. The van der Waals surface area contributed by atoms with Crippen molar-refractivity contribution in [3.63, 3.8) is 0 Å². The number of Topliss-reactive ketones (excluding diaryl/α,β-unsaturated/α-hetero) is 1. The molecule has 2 aliphatic carbocycles. The summed E-state index contributed by atoms with van der Waals surface area (Å²) in [6, 6.07) is 10.8. The van der Waals surface area contributed by atoms with Gasteiger partial charge in [0.05, 0.1) is 32.8 Å². The molecule has 2 aromatic rings. The molecule has 136 valence electrons. The summed E-state index contributed by atoms with van der Waals surface area (Å²) in [7, 11) is -1.17. The molecule has 5 nitrogen and oxygen atoms in total. The van der Waals surface area contributed by atoms with E-state index in [9.17, 15) is 9.00 Å². The monoisotopic (exact) mass is 370 g/mol. The summed E-state index contributed by atoms with van der Waals surface area (Å²) in [5.41, 5.74) is 8.87. The number of ketones is 1. The van der Waals surface area contributed by atoms with Gasteiger partial charge >= 0.3 is 0 Å². The van der Waals surface area contributed by atoms with Gasteiger partial charge in [-0.3, -0.25) is 4.79 Å². The Bertz CT molecular complexity index is 1030. The van der Waals surface area contributed by atoms with Gasteiger partial charge in [0.25, 0.3) is 0 Å². The van der Waals surface area contributed by atoms with Gasteiger partial charge in [0, 0.05) is 18.4 Å². The number of methoxy groups -OCH3 is 1. The van der Waals surface area contributed by atoms with Crippen LogP contribution in [0.5, 0.6) is 5.75 Å². The summed E-state index contributed by atoms with van der Waals surface area (Å²) < 4.78 is 23.1. The zero-order valence-corrected chi connectivity index (χ0v) is 15.8. The minimum atomic E-state index is -2.72. The molecule has 0 amide bonds. The number of carbonyl (C=O) groups is 1. The topological polar surface area (TPSA) is 81.8 Å². The van der Waals surface area contributed by atoms with Crippen molar-refractivity contribution in [1.82, 2.24) is 0 Å². The molecule has 2 aliphatic rings. The van der Waals surface area contributed by atoms with Crippen LogP contribution >= 0.6 is 0 Å². The van der Waals surface area contributed by atoms with Gasteiger partial charge < -0.3 is 10.5 Å². The van der Waals surface area contributed by atoms with E-state index < -0.39 is 9.73 Å². The van der Waals surface area contributed by atoms with Crippen molar-refractivity contribution in [2.75, 3.05) is 19.1 Å². The third-order valence-corrected chi connectivity index (χ3v) is 7.33. The van der Waals surface area contributed by atoms with E-state index in [1.165, 1.54) is 0 Å². The fourth-order valence-electron chi connectivity index (χ4n) is 4.10. The maximum Gasteiger partial charge on any atom is 0.147 e. The van der Waals surface area contributed by atoms with E-state index in [2.05, 4.69) is 4.36 Å². The van der Waals surface area contributed by atoms with Crippen molar-refractivity contribution in [1.29, 1.82) is 0 Å². The number of nitrogen functional groups attached to an aromatic ring is 1. The Hall–Kier alpha value is -2.34. The zero-order chi connectivity index (χ0) is 18.5. The van der Waals surface area contributed by atoms with Crippen LogP contribution in [0, 0.1) is 0 Å². The van der Waals surface area contributed by atoms with Gasteiger partial charge in [-0.1, -0.05) is 18.6 Å². The Kier molecular flexibility index (Phi) is 3.84. The molecular weight excluding hydrogens is 348 g/mol. The van der Waals surface area contributed by atoms with Crippen LogP contribution in [0.15, 0.2) is 45.7 Å². The molecule has 0 aliphatic heterocycles. The van der Waals surface area contributed by atoms with Crippen molar-refractivity contribution in [2.45, 2.75) is 36.0 Å². The number of rotatable bonds is 3. The lowest BCUT2D eigenvalue weighted by Crippen LogP contribution is -2.39. The second kappa shape index (κ2) is 5.84. The second-order valence-electron chi connectivity index (χ2n) is 7.14. The third-order valence-electron chi connectivity index (χ3n) is 5.62. The van der Waals surface area contributed by atoms with Crippen LogP contribution in [-0.4, -0.2) is 23.4 Å². The lowest BCUT2D eigenvalue weighted by atomic mass is 9.64. The zero-order valence-electron chi connectivity index (χ0n) is 15.0. The number of ether oxygens (including phenoxy) is 1. The van der Waals surface area contributed by atoms with E-state index >= 15 is 0 Å². The van der Waals surface area contributed by atoms with Crippen LogP contribution in [0.1, 0.15) is 30.4 Å². The van der Waals surface area contributed by atoms with Crippen LogP contribution in [0.3, 0.4) is 0 Å². The molecule has 2 N–H and O–H groups in total. The van der Waals surface area contributed by atoms with Crippen LogP contribution in [-0.2, 0) is 26.4 Å². The molecule has 0 aromatic heterocycles. The number of hydrogen-bond acceptors (Lipinski definition) is 5. The number of nitrogens with two attached hydrogens (primary N) is 1. The average molecular weight is 370 g/mol. The average Bonchev–Trinajstić information content (AvgIpc) is 2.87. The fraction of sp³-hybridized carbons (Fsp3) is 0.350. The predicted octanol–water partition coefficient (Wildman–Crippen LogP) is 3.61. The van der Waals surface area contributed by atoms with E-state index in [0.29, 0.717) is 28.4 Å². The molecule has 0 bridgehead atoms. The van der Waals surface area contributed by atoms with Crippen molar-refractivity contribution in [3.8, 4) is 5.75 Å². The molecule has 0 heterocycles. The van der Waals surface area contributed by atoms with Gasteiger partial charge in [0.15, 0.2) is 0 Å². The van der Waals surface area contributed by atoms with Crippen molar-refractivity contribution < 1.29 is 13.7 Å². The van der Waals surface area contributed by atoms with Gasteiger partial charge in [-0.05, 0) is 48.2 Å². The summed E-state index contributed by atoms with van der Waals surface area (Å²) in [4.78, 5) is 13.1. The molecule has 1 unspecified atom stereocenters. The number of anilines is 1. The predicted molar refractivity (Wildman–Crippen MR) is 103 cm³/mol. The maximum absolute atomic E-state index is 13.3. The molecule has 1 saturated carbocycles. The summed E-state index contributed by atoms with van der Waals surface area (Å²) in [6.07, 6.45) is 4.79. The Morgan fingerprint density at radius 3 is 2.62 bits per heavy atom. The van der Waals surface area contributed by atoms with Crippen molar-refractivity contribution in [2.24, 2.45) is 4.36 Å². The highest BCUT2D eigenvalue weighted by molar-refractivity contribution is 7.93. The molecule has 2 aromatic carbocycles. The normalized spacial score (nSPS) is 19.5. The molecular formula is C20H22N2O3S. The molecule has 0 saturated heterocycles. The Balaban J connectivity index is 1.85. The quantitative estimate of drug-likeness (QED) is 0.837. The lowest BCUT2D eigenvalue weighted by molar-refractivity contribution is -0.125. The highest BCUT2D eigenvalue weighted by Crippen LogP contribution is 2.52. The summed E-state index contributed by atoms with van der Waals surface area (Å²) in [5, 5.41) is 0. The lowest BCUT2D eigenvalue weighted by Gasteiger charge is -2.37. The number of para-hydroxylation sites is 1. The first-order chi connectivity index (χ1) is 12.4. The van der Waals surface area contributed by atoms with Crippen LogP contribution in [0.25, 0.3) is 0 Å². The highest BCUT2D eigenvalue weighted by Gasteiger charge is 2.51. The largest absolute Gasteiger partial charge is 0.495 e. The third kappa shape index (κ3) is 2.43. The molecule has 1 atom stereocenters. The number of nitrogens with zero attached hydrogens (tertiary/aromatic N) is 1. The Morgan fingerprint density at radius 2 is 1.96 bits per heavy atom. The number of carbonyl (C=O) groups excluding carboxylic acids is 1. The smallest absolute Gasteiger partial charge is 0.147 e. The summed E-state index contributed by atoms with van der Waals surface area (Å²) in [6.45, 7) is 0. The fourth-order valence-corrected chi connectivity index (χ4v) is 5.56. The maximum atomic E-state index is 13.3. The van der Waals surface area contributed by atoms with Crippen LogP contribution in [0.2, 0.25) is 0 Å². The molecule has 1 spiro atoms. The van der Waals surface area contributed by atoms with E-state index in [0.717, 1.165) is 30.4 Å². The molecule has 1 fully saturated rings. The summed E-state index contributed by atoms with van der Waals surface area (Å²) in [5.74, 6) is 0.799. The van der Waals surface area contributed by atoms with E-state index in [1.807, 2.05) is 18.2 Å². The van der Waals surface area contributed by atoms with Gasteiger partial charge in [0.2, 0.25) is 0 Å². The van der Waals surface area contributed by atoms with Gasteiger partial charge in [-0.25, -0.2) is 4.21 Å². The standard InChI is InChI=1S/C20H22N2O3S/c1-25-17-6-3-4-7-18(17)26(2,24)22-13-10-15-14(16(21)11-13)12-19(23)20(15)8-5-9-20/h3-4,6-7,10-11H,5,8-9,12,21H2,1-2H3. The molecule has 4 rings (SSSR count). The first-order valence-corrected chi connectivity index (χ1v) is 10.6. The van der Waals surface area contributed by atoms with Crippen LogP contribution in [0.4, 0.5) is 11.4 Å². The Labute approximate surface area is 153 Å². The van der Waals surface area contributed by atoms with Crippen LogP contribution < -0.4 is 10.5 Å². The number of fused-ring (bicyclic) bond motifs is 2. The van der Waals surface area contributed by atoms with E-state index in [4.69, 9.17) is 10.5 Å². The highest BCUT2D eigenvalue weighted by atomic mass is 32.2. The summed E-state index contributed by atoms with van der Waals surface area (Å²) >= 11 is 0. The van der Waals surface area contributed by atoms with Gasteiger partial charge in [-0.15, -0.1) is 0 Å². The minimum absolute atomic E-state index is 0.254. The van der Waals surface area contributed by atoms with Gasteiger partial charge in [-0.2, -0.15) is 4.36 Å². The molecule has 6 heteroatoms. The van der Waals surface area contributed by atoms with Crippen molar-refractivity contribution in [3.05, 3.63) is 47.5 Å². The first-order valence-electron chi connectivity index (χ1n) is 8.69. The first kappa shape index (κ1) is 17.1. The van der Waals surface area contributed by atoms with Gasteiger partial charge in [0.1, 0.15) is 11.5 Å². The van der Waals surface area contributed by atoms with E-state index in [-0.39, 0.29) is 11.2 Å². The molecule has 26 heavy (non-hydrogen) atoms. The number of hydrogen-bond donors (Lipinski definition) is 1. The second-order valence-corrected chi connectivity index (χ2v) is 9.37. The van der Waals surface area contributed by atoms with E-state index in [1.54, 1.807) is 31.6 Å². The molecule has 0 radical (unpaired) electrons. The minimum Gasteiger partial charge on any atom is -0.495 e. The van der Waals surface area contributed by atoms with Crippen molar-refractivity contribution >= 4 is 26.9 Å². The SMILES string of the molecule is COc1ccccc1S(C)(=O)=Nc1cc(N)c2c(c1)C1(CCC1)C(=O)C2.